The molecule has 0 aromatic heterocycles. The maximum Gasteiger partial charge on any atom is 0.0520 e. The number of hydrogen-bond acceptors (Lipinski definition) is 2. The van der Waals surface area contributed by atoms with Gasteiger partial charge in [-0.05, 0) is 6.42 Å². The van der Waals surface area contributed by atoms with E-state index in [0.717, 1.165) is 16.7 Å². The highest BCUT2D eigenvalue weighted by Crippen LogP contribution is 1.92. The van der Waals surface area contributed by atoms with Crippen molar-refractivity contribution in [1.82, 2.24) is 0 Å². The third-order valence-corrected chi connectivity index (χ3v) is 1.51. The van der Waals surface area contributed by atoms with Gasteiger partial charge in [-0.25, -0.2) is 4.36 Å². The predicted molar refractivity (Wildman–Crippen MR) is 41.6 cm³/mol. The average molecular weight is 149 g/mol. The molecule has 0 radical (unpaired) electrons. The molecular weight excluding hydrogens is 138 g/mol. The third-order valence-electron chi connectivity index (χ3n) is 0.906. The first kappa shape index (κ1) is 8.24. The van der Waals surface area contributed by atoms with Gasteiger partial charge in [0.05, 0.1) is 6.54 Å². The van der Waals surface area contributed by atoms with E-state index >= 15 is 0 Å². The SMILES string of the molecule is CCCCCN=S=S. The number of rotatable bonds is 4. The quantitative estimate of drug-likeness (QED) is 0.556. The zero-order valence-corrected chi connectivity index (χ0v) is 6.73. The first-order valence-electron chi connectivity index (χ1n) is 2.87. The van der Waals surface area contributed by atoms with Crippen molar-refractivity contribution in [2.75, 3.05) is 6.54 Å². The Morgan fingerprint density at radius 1 is 1.50 bits per heavy atom. The predicted octanol–water partition coefficient (Wildman–Crippen LogP) is 1.90. The molecule has 48 valence electrons. The van der Waals surface area contributed by atoms with Gasteiger partial charge in [0, 0.05) is 21.3 Å². The van der Waals surface area contributed by atoms with Gasteiger partial charge in [0.15, 0.2) is 0 Å². The van der Waals surface area contributed by atoms with Crippen molar-refractivity contribution >= 4 is 21.3 Å². The lowest BCUT2D eigenvalue weighted by atomic mass is 10.3. The maximum absolute atomic E-state index is 4.55. The van der Waals surface area contributed by atoms with E-state index < -0.39 is 0 Å². The highest BCUT2D eigenvalue weighted by Gasteiger charge is 1.79. The molecule has 1 nitrogen and oxygen atoms in total. The van der Waals surface area contributed by atoms with E-state index in [0.29, 0.717) is 0 Å². The molecule has 0 fully saturated rings. The van der Waals surface area contributed by atoms with Crippen LogP contribution in [-0.4, -0.2) is 6.54 Å². The molecule has 0 aromatic rings. The molecule has 0 aliphatic carbocycles. The van der Waals surface area contributed by atoms with Gasteiger partial charge < -0.3 is 0 Å². The average Bonchev–Trinajstić information content (AvgIpc) is 1.81. The van der Waals surface area contributed by atoms with Crippen molar-refractivity contribution in [2.45, 2.75) is 26.2 Å². The molecule has 0 rings (SSSR count). The minimum absolute atomic E-state index is 0.933. The minimum atomic E-state index is 0.933. The first-order chi connectivity index (χ1) is 3.91. The largest absolute Gasteiger partial charge is 0.220 e. The fraction of sp³-hybridized carbons (Fsp3) is 1.00. The van der Waals surface area contributed by atoms with Crippen molar-refractivity contribution in [2.24, 2.45) is 4.36 Å². The first-order valence-corrected chi connectivity index (χ1v) is 4.57. The maximum atomic E-state index is 4.55. The molecule has 0 atom stereocenters. The Kier molecular flexibility index (Phi) is 7.46. The Morgan fingerprint density at radius 3 is 2.75 bits per heavy atom. The molecule has 0 heterocycles. The molecule has 0 N–H and O–H groups in total. The van der Waals surface area contributed by atoms with Crippen LogP contribution in [0.2, 0.25) is 0 Å². The second-order valence-corrected chi connectivity index (χ2v) is 2.49. The van der Waals surface area contributed by atoms with Crippen LogP contribution in [0.5, 0.6) is 0 Å². The van der Waals surface area contributed by atoms with Gasteiger partial charge in [-0.2, -0.15) is 0 Å². The Balaban J connectivity index is 2.82. The number of hydrogen-bond donors (Lipinski definition) is 0. The van der Waals surface area contributed by atoms with Crippen molar-refractivity contribution in [1.29, 1.82) is 0 Å². The number of nitrogens with zero attached hydrogens (tertiary/aromatic N) is 1. The van der Waals surface area contributed by atoms with E-state index in [1.54, 1.807) is 0 Å². The molecule has 0 bridgehead atoms. The summed E-state index contributed by atoms with van der Waals surface area (Å²) in [5.41, 5.74) is 0. The molecule has 0 aromatic carbocycles. The van der Waals surface area contributed by atoms with E-state index in [4.69, 9.17) is 0 Å². The highest BCUT2D eigenvalue weighted by atomic mass is 32.8. The van der Waals surface area contributed by atoms with E-state index in [-0.39, 0.29) is 0 Å². The lowest BCUT2D eigenvalue weighted by Crippen LogP contribution is -1.76. The summed E-state index contributed by atoms with van der Waals surface area (Å²) in [6.07, 6.45) is 3.73. The van der Waals surface area contributed by atoms with E-state index in [1.165, 1.54) is 19.3 Å². The summed E-state index contributed by atoms with van der Waals surface area (Å²) in [6, 6.07) is 0. The van der Waals surface area contributed by atoms with Gasteiger partial charge in [-0.1, -0.05) is 19.8 Å². The van der Waals surface area contributed by atoms with Crippen LogP contribution in [0.4, 0.5) is 0 Å². The summed E-state index contributed by atoms with van der Waals surface area (Å²) in [7, 11) is 1.16. The lowest BCUT2D eigenvalue weighted by molar-refractivity contribution is 0.732. The number of unbranched alkanes of at least 4 members (excludes halogenated alkanes) is 2. The van der Waals surface area contributed by atoms with Crippen LogP contribution in [0, 0.1) is 0 Å². The van der Waals surface area contributed by atoms with Crippen LogP contribution in [0.1, 0.15) is 26.2 Å². The molecule has 0 unspecified atom stereocenters. The molecule has 0 amide bonds. The molecule has 0 aliphatic rings. The Morgan fingerprint density at radius 2 is 2.25 bits per heavy atom. The van der Waals surface area contributed by atoms with Gasteiger partial charge in [0.1, 0.15) is 0 Å². The van der Waals surface area contributed by atoms with Crippen LogP contribution in [-0.2, 0) is 21.3 Å². The second-order valence-electron chi connectivity index (χ2n) is 1.63. The topological polar surface area (TPSA) is 12.4 Å². The van der Waals surface area contributed by atoms with Crippen molar-refractivity contribution in [3.8, 4) is 0 Å². The molecule has 0 saturated carbocycles. The fourth-order valence-corrected chi connectivity index (χ4v) is 0.891. The molecule has 8 heavy (non-hydrogen) atoms. The Labute approximate surface area is 58.9 Å². The zero-order valence-electron chi connectivity index (χ0n) is 5.09. The van der Waals surface area contributed by atoms with Gasteiger partial charge >= 0.3 is 0 Å². The summed E-state index contributed by atoms with van der Waals surface area (Å²) in [4.78, 5) is 0. The van der Waals surface area contributed by atoms with E-state index in [2.05, 4.69) is 22.5 Å². The van der Waals surface area contributed by atoms with Crippen LogP contribution in [0.3, 0.4) is 0 Å². The van der Waals surface area contributed by atoms with Gasteiger partial charge in [-0.15, -0.1) is 0 Å². The van der Waals surface area contributed by atoms with Crippen LogP contribution < -0.4 is 0 Å². The molecule has 3 heteroatoms. The van der Waals surface area contributed by atoms with Gasteiger partial charge in [-0.3, -0.25) is 0 Å². The van der Waals surface area contributed by atoms with E-state index in [9.17, 15) is 0 Å². The lowest BCUT2D eigenvalue weighted by Gasteiger charge is -1.87. The van der Waals surface area contributed by atoms with Crippen LogP contribution in [0.15, 0.2) is 4.36 Å². The zero-order chi connectivity index (χ0) is 6.24. The summed E-state index contributed by atoms with van der Waals surface area (Å²) in [5.74, 6) is 0. The Bertz CT molecular complexity index is 86.4. The van der Waals surface area contributed by atoms with Crippen molar-refractivity contribution < 1.29 is 0 Å². The normalized spacial score (nSPS) is 8.62. The monoisotopic (exact) mass is 149 g/mol. The molecule has 0 saturated heterocycles. The highest BCUT2D eigenvalue weighted by molar-refractivity contribution is 8.12. The third kappa shape index (κ3) is 6.24. The van der Waals surface area contributed by atoms with Crippen molar-refractivity contribution in [3.05, 3.63) is 0 Å². The van der Waals surface area contributed by atoms with E-state index in [1.807, 2.05) is 0 Å². The summed E-state index contributed by atoms with van der Waals surface area (Å²) in [5, 5.41) is 0. The van der Waals surface area contributed by atoms with Gasteiger partial charge in [0.25, 0.3) is 0 Å². The Hall–Kier alpha value is 0.240. The van der Waals surface area contributed by atoms with Crippen molar-refractivity contribution in [3.63, 3.8) is 0 Å². The molecule has 0 aliphatic heterocycles. The molecule has 0 spiro atoms. The minimum Gasteiger partial charge on any atom is -0.220 e. The smallest absolute Gasteiger partial charge is 0.0520 e. The van der Waals surface area contributed by atoms with Gasteiger partial charge in [0.2, 0.25) is 0 Å². The fourth-order valence-electron chi connectivity index (χ4n) is 0.464. The van der Waals surface area contributed by atoms with Crippen LogP contribution >= 0.6 is 0 Å². The second kappa shape index (κ2) is 7.24. The van der Waals surface area contributed by atoms with Crippen LogP contribution in [0.25, 0.3) is 0 Å². The summed E-state index contributed by atoms with van der Waals surface area (Å²) >= 11 is 4.55. The standard InChI is InChI=1S/C5H11NS2/c1-2-3-4-5-6-8-7/h2-5H2,1H3. The molecular formula is C5H11NS2. The summed E-state index contributed by atoms with van der Waals surface area (Å²) in [6.45, 7) is 3.11. The summed E-state index contributed by atoms with van der Waals surface area (Å²) < 4.78 is 3.94.